The summed E-state index contributed by atoms with van der Waals surface area (Å²) < 4.78 is 16.6. The van der Waals surface area contributed by atoms with Crippen molar-refractivity contribution in [2.75, 3.05) is 26.8 Å². The van der Waals surface area contributed by atoms with Gasteiger partial charge in [-0.2, -0.15) is 0 Å². The summed E-state index contributed by atoms with van der Waals surface area (Å²) in [6.45, 7) is 0.915. The minimum atomic E-state index is -0.942. The minimum absolute atomic E-state index is 0.132. The van der Waals surface area contributed by atoms with Gasteiger partial charge in [-0.15, -0.1) is 0 Å². The summed E-state index contributed by atoms with van der Waals surface area (Å²) in [5, 5.41) is 3.01. The molecule has 33 heavy (non-hydrogen) atoms. The van der Waals surface area contributed by atoms with Crippen LogP contribution in [0, 0.1) is 0 Å². The van der Waals surface area contributed by atoms with Gasteiger partial charge in [0.1, 0.15) is 17.5 Å². The zero-order valence-corrected chi connectivity index (χ0v) is 18.5. The van der Waals surface area contributed by atoms with Crippen LogP contribution in [0.1, 0.15) is 46.6 Å². The number of piperidine rings is 1. The van der Waals surface area contributed by atoms with Crippen LogP contribution >= 0.6 is 0 Å². The molecule has 3 heterocycles. The summed E-state index contributed by atoms with van der Waals surface area (Å²) in [5.41, 5.74) is -0.485. The summed E-state index contributed by atoms with van der Waals surface area (Å²) in [6, 6.07) is 9.61. The van der Waals surface area contributed by atoms with E-state index in [1.165, 1.54) is 6.26 Å². The maximum atomic E-state index is 13.7. The number of hydrogen-bond donors (Lipinski definition) is 1. The van der Waals surface area contributed by atoms with Crippen molar-refractivity contribution in [2.45, 2.75) is 43.5 Å². The molecule has 1 atom stereocenters. The summed E-state index contributed by atoms with van der Waals surface area (Å²) in [4.78, 5) is 42.7. The topological polar surface area (TPSA) is 101 Å². The van der Waals surface area contributed by atoms with Crippen LogP contribution in [-0.2, 0) is 9.53 Å². The third-order valence-corrected chi connectivity index (χ3v) is 6.61. The Hall–Kier alpha value is -3.33. The lowest BCUT2D eigenvalue weighted by atomic mass is 9.96. The second-order valence-corrected chi connectivity index (χ2v) is 8.73. The van der Waals surface area contributed by atoms with E-state index in [-0.39, 0.29) is 36.1 Å². The first-order valence-corrected chi connectivity index (χ1v) is 11.3. The average Bonchev–Trinajstić information content (AvgIpc) is 3.34. The monoisotopic (exact) mass is 453 g/mol. The largest absolute Gasteiger partial charge is 0.497 e. The molecule has 3 aliphatic rings. The van der Waals surface area contributed by atoms with Crippen LogP contribution in [0.3, 0.4) is 0 Å². The first kappa shape index (κ1) is 21.5. The Bertz CT molecular complexity index is 1020. The number of furan rings is 1. The molecule has 1 N–H and O–H groups in total. The summed E-state index contributed by atoms with van der Waals surface area (Å²) in [7, 11) is 1.57. The van der Waals surface area contributed by atoms with Gasteiger partial charge in [0, 0.05) is 37.5 Å². The van der Waals surface area contributed by atoms with E-state index < -0.39 is 11.8 Å². The number of carbonyl (C=O) groups is 3. The maximum absolute atomic E-state index is 13.7. The molecule has 0 unspecified atom stereocenters. The summed E-state index contributed by atoms with van der Waals surface area (Å²) in [6.07, 6.45) is 4.21. The Kier molecular flexibility index (Phi) is 5.57. The molecule has 2 saturated heterocycles. The zero-order chi connectivity index (χ0) is 23.0. The van der Waals surface area contributed by atoms with Gasteiger partial charge in [0.25, 0.3) is 11.8 Å². The van der Waals surface area contributed by atoms with Gasteiger partial charge in [0.15, 0.2) is 5.76 Å². The van der Waals surface area contributed by atoms with Crippen LogP contribution in [0.5, 0.6) is 5.75 Å². The van der Waals surface area contributed by atoms with E-state index >= 15 is 0 Å². The number of ether oxygens (including phenoxy) is 2. The van der Waals surface area contributed by atoms with E-state index in [1.54, 1.807) is 53.3 Å². The van der Waals surface area contributed by atoms with Gasteiger partial charge in [-0.05, 0) is 49.2 Å². The summed E-state index contributed by atoms with van der Waals surface area (Å²) >= 11 is 0. The highest BCUT2D eigenvalue weighted by Gasteiger charge is 2.54. The van der Waals surface area contributed by atoms with Crippen molar-refractivity contribution in [1.82, 2.24) is 15.1 Å². The molecule has 1 aromatic heterocycles. The van der Waals surface area contributed by atoms with Crippen LogP contribution in [0.25, 0.3) is 0 Å². The van der Waals surface area contributed by atoms with Gasteiger partial charge in [-0.1, -0.05) is 0 Å². The predicted octanol–water partition coefficient (Wildman–Crippen LogP) is 2.04. The van der Waals surface area contributed by atoms with Crippen LogP contribution in [0.4, 0.5) is 0 Å². The molecule has 1 aliphatic carbocycles. The highest BCUT2D eigenvalue weighted by atomic mass is 16.5. The molecule has 1 saturated carbocycles. The van der Waals surface area contributed by atoms with E-state index in [0.29, 0.717) is 37.2 Å². The first-order valence-electron chi connectivity index (χ1n) is 11.3. The number of nitrogens with one attached hydrogen (secondary N) is 1. The Morgan fingerprint density at radius 1 is 1.06 bits per heavy atom. The minimum Gasteiger partial charge on any atom is -0.497 e. The van der Waals surface area contributed by atoms with Gasteiger partial charge in [-0.3, -0.25) is 19.3 Å². The van der Waals surface area contributed by atoms with Crippen molar-refractivity contribution < 1.29 is 28.3 Å². The number of hydrogen-bond acceptors (Lipinski definition) is 6. The van der Waals surface area contributed by atoms with Crippen LogP contribution in [0.15, 0.2) is 47.1 Å². The van der Waals surface area contributed by atoms with Crippen LogP contribution in [0.2, 0.25) is 0 Å². The molecule has 1 aromatic carbocycles. The highest BCUT2D eigenvalue weighted by Crippen LogP contribution is 2.39. The van der Waals surface area contributed by atoms with E-state index in [2.05, 4.69) is 5.32 Å². The normalized spacial score (nSPS) is 21.8. The quantitative estimate of drug-likeness (QED) is 0.744. The third-order valence-electron chi connectivity index (χ3n) is 6.61. The molecule has 3 fully saturated rings. The Balaban J connectivity index is 1.38. The fourth-order valence-electron chi connectivity index (χ4n) is 4.58. The van der Waals surface area contributed by atoms with Gasteiger partial charge < -0.3 is 24.1 Å². The number of benzene rings is 1. The number of amides is 3. The molecule has 2 aliphatic heterocycles. The van der Waals surface area contributed by atoms with E-state index in [9.17, 15) is 14.4 Å². The fourth-order valence-corrected chi connectivity index (χ4v) is 4.58. The van der Waals surface area contributed by atoms with Crippen molar-refractivity contribution >= 4 is 17.7 Å². The molecule has 174 valence electrons. The molecule has 3 amide bonds. The Morgan fingerprint density at radius 2 is 1.79 bits per heavy atom. The van der Waals surface area contributed by atoms with Gasteiger partial charge in [0.05, 0.1) is 20.0 Å². The number of likely N-dealkylation sites (tertiary alicyclic amines) is 1. The third kappa shape index (κ3) is 4.08. The smallest absolute Gasteiger partial charge is 0.289 e. The van der Waals surface area contributed by atoms with Gasteiger partial charge in [0.2, 0.25) is 5.91 Å². The second kappa shape index (κ2) is 8.55. The average molecular weight is 453 g/mol. The Morgan fingerprint density at radius 3 is 2.39 bits per heavy atom. The van der Waals surface area contributed by atoms with Crippen LogP contribution in [-0.4, -0.2) is 72.1 Å². The predicted molar refractivity (Wildman–Crippen MR) is 117 cm³/mol. The second-order valence-electron chi connectivity index (χ2n) is 8.73. The van der Waals surface area contributed by atoms with E-state index in [0.717, 1.165) is 12.8 Å². The van der Waals surface area contributed by atoms with E-state index in [4.69, 9.17) is 13.9 Å². The van der Waals surface area contributed by atoms with Gasteiger partial charge >= 0.3 is 0 Å². The van der Waals surface area contributed by atoms with Crippen LogP contribution < -0.4 is 10.1 Å². The molecule has 5 rings (SSSR count). The Labute approximate surface area is 191 Å². The number of nitrogens with zero attached hydrogens (tertiary/aromatic N) is 2. The highest BCUT2D eigenvalue weighted by molar-refractivity contribution is 5.98. The standard InChI is InChI=1S/C24H27N3O6/c1-31-18-8-4-16(5-9-18)22(29)27-19(21(28)25-17-6-7-17)15-33-24(27)10-12-26(13-11-24)23(30)20-3-2-14-32-20/h2-5,8-9,14,17,19H,6-7,10-13,15H2,1H3,(H,25,28)/t19-/m1/s1. The lowest BCUT2D eigenvalue weighted by Crippen LogP contribution is -2.60. The van der Waals surface area contributed by atoms with Crippen molar-refractivity contribution in [3.05, 3.63) is 54.0 Å². The SMILES string of the molecule is COc1ccc(C(=O)N2[C@@H](C(=O)NC3CC3)COC23CCN(C(=O)c2ccco2)CC3)cc1. The van der Waals surface area contributed by atoms with Crippen molar-refractivity contribution in [1.29, 1.82) is 0 Å². The lowest BCUT2D eigenvalue weighted by Gasteiger charge is -2.44. The maximum Gasteiger partial charge on any atom is 0.289 e. The molecule has 1 spiro atoms. The number of carbonyl (C=O) groups excluding carboxylic acids is 3. The van der Waals surface area contributed by atoms with Crippen molar-refractivity contribution in [2.24, 2.45) is 0 Å². The number of methoxy groups -OCH3 is 1. The zero-order valence-electron chi connectivity index (χ0n) is 18.5. The molecular formula is C24H27N3O6. The lowest BCUT2D eigenvalue weighted by molar-refractivity contribution is -0.128. The molecule has 9 heteroatoms. The fraction of sp³-hybridized carbons (Fsp3) is 0.458. The molecule has 2 aromatic rings. The van der Waals surface area contributed by atoms with Gasteiger partial charge in [-0.25, -0.2) is 0 Å². The first-order chi connectivity index (χ1) is 16.0. The van der Waals surface area contributed by atoms with E-state index in [1.807, 2.05) is 0 Å². The van der Waals surface area contributed by atoms with Crippen molar-refractivity contribution in [3.8, 4) is 5.75 Å². The summed E-state index contributed by atoms with van der Waals surface area (Å²) in [5.74, 6) is 0.281. The molecular weight excluding hydrogens is 426 g/mol. The molecule has 0 bridgehead atoms. The number of rotatable bonds is 5. The molecule has 0 radical (unpaired) electrons. The van der Waals surface area contributed by atoms with Crippen molar-refractivity contribution in [3.63, 3.8) is 0 Å². The molecule has 9 nitrogen and oxygen atoms in total.